The van der Waals surface area contributed by atoms with Crippen LogP contribution in [0.4, 0.5) is 0 Å². The first kappa shape index (κ1) is 16.4. The van der Waals surface area contributed by atoms with Gasteiger partial charge in [-0.2, -0.15) is 0 Å². The largest absolute Gasteiger partial charge is 0.463 e. The minimum absolute atomic E-state index is 0.0700. The second kappa shape index (κ2) is 6.39. The van der Waals surface area contributed by atoms with E-state index in [0.29, 0.717) is 13.2 Å². The summed E-state index contributed by atoms with van der Waals surface area (Å²) in [7, 11) is 1.60. The van der Waals surface area contributed by atoms with Crippen LogP contribution in [0, 0.1) is 16.7 Å². The zero-order valence-corrected chi connectivity index (χ0v) is 12.4. The molecule has 0 aliphatic heterocycles. The molecule has 0 aromatic carbocycles. The lowest BCUT2D eigenvalue weighted by molar-refractivity contribution is -0.155. The summed E-state index contributed by atoms with van der Waals surface area (Å²) in [6.45, 7) is 13.5. The quantitative estimate of drug-likeness (QED) is 0.550. The van der Waals surface area contributed by atoms with Gasteiger partial charge in [0, 0.05) is 7.11 Å². The topological polar surface area (TPSA) is 35.5 Å². The van der Waals surface area contributed by atoms with E-state index in [2.05, 4.69) is 41.5 Å². The van der Waals surface area contributed by atoms with Crippen LogP contribution in [0.3, 0.4) is 0 Å². The molecule has 1 atom stereocenters. The Morgan fingerprint density at radius 3 is 1.94 bits per heavy atom. The van der Waals surface area contributed by atoms with Crippen molar-refractivity contribution in [1.29, 1.82) is 0 Å². The zero-order chi connectivity index (χ0) is 13.7. The lowest BCUT2D eigenvalue weighted by atomic mass is 9.72. The van der Waals surface area contributed by atoms with Gasteiger partial charge in [0.25, 0.3) is 0 Å². The number of hydrogen-bond acceptors (Lipinski definition) is 3. The second-order valence-corrected chi connectivity index (χ2v) is 6.84. The molecule has 0 saturated heterocycles. The average Bonchev–Trinajstić information content (AvgIpc) is 2.11. The normalized spacial score (nSPS) is 14.5. The maximum atomic E-state index is 12.1. The third-order valence-electron chi connectivity index (χ3n) is 2.68. The molecule has 0 bridgehead atoms. The van der Waals surface area contributed by atoms with Crippen molar-refractivity contribution >= 4 is 5.97 Å². The van der Waals surface area contributed by atoms with Gasteiger partial charge in [0.1, 0.15) is 6.61 Å². The van der Waals surface area contributed by atoms with Crippen LogP contribution < -0.4 is 0 Å². The van der Waals surface area contributed by atoms with Crippen molar-refractivity contribution in [2.75, 3.05) is 20.3 Å². The number of esters is 1. The van der Waals surface area contributed by atoms with Crippen LogP contribution in [0.5, 0.6) is 0 Å². The van der Waals surface area contributed by atoms with Crippen LogP contribution in [-0.4, -0.2) is 26.3 Å². The van der Waals surface area contributed by atoms with Gasteiger partial charge in [0.2, 0.25) is 0 Å². The molecule has 0 aromatic rings. The fourth-order valence-electron chi connectivity index (χ4n) is 1.68. The Kier molecular flexibility index (Phi) is 6.17. The van der Waals surface area contributed by atoms with E-state index in [1.54, 1.807) is 7.11 Å². The van der Waals surface area contributed by atoms with E-state index in [4.69, 9.17) is 9.47 Å². The molecule has 0 N–H and O–H groups in total. The smallest absolute Gasteiger partial charge is 0.309 e. The number of ether oxygens (including phenoxy) is 2. The fraction of sp³-hybridized carbons (Fsp3) is 0.929. The van der Waals surface area contributed by atoms with E-state index in [9.17, 15) is 4.79 Å². The molecule has 17 heavy (non-hydrogen) atoms. The molecule has 0 fully saturated rings. The number of carbonyl (C=O) groups is 1. The molecule has 0 aliphatic rings. The summed E-state index contributed by atoms with van der Waals surface area (Å²) in [5.41, 5.74) is 0.0512. The Morgan fingerprint density at radius 1 is 1.06 bits per heavy atom. The highest BCUT2D eigenvalue weighted by molar-refractivity contribution is 5.73. The number of hydrogen-bond donors (Lipinski definition) is 0. The summed E-state index contributed by atoms with van der Waals surface area (Å²) in [5, 5.41) is 0. The van der Waals surface area contributed by atoms with Crippen LogP contribution in [0.25, 0.3) is 0 Å². The molecule has 0 aliphatic carbocycles. The van der Waals surface area contributed by atoms with Crippen LogP contribution >= 0.6 is 0 Å². The molecule has 0 heterocycles. The van der Waals surface area contributed by atoms with Crippen molar-refractivity contribution in [3.05, 3.63) is 0 Å². The van der Waals surface area contributed by atoms with Gasteiger partial charge in [-0.25, -0.2) is 0 Å². The molecule has 0 spiro atoms. The first-order valence-corrected chi connectivity index (χ1v) is 6.23. The maximum Gasteiger partial charge on any atom is 0.309 e. The summed E-state index contributed by atoms with van der Waals surface area (Å²) in [6.07, 6.45) is 0.836. The molecule has 102 valence electrons. The number of carbonyl (C=O) groups excluding carboxylic acids is 1. The zero-order valence-electron chi connectivity index (χ0n) is 12.4. The predicted octanol–water partition coefficient (Wildman–Crippen LogP) is 3.27. The summed E-state index contributed by atoms with van der Waals surface area (Å²) in [5.74, 6) is -0.177. The van der Waals surface area contributed by atoms with Crippen molar-refractivity contribution in [1.82, 2.24) is 0 Å². The van der Waals surface area contributed by atoms with Crippen LogP contribution in [0.1, 0.15) is 48.0 Å². The highest BCUT2D eigenvalue weighted by atomic mass is 16.6. The number of methoxy groups -OCH3 is 1. The van der Waals surface area contributed by atoms with Crippen LogP contribution in [-0.2, 0) is 14.3 Å². The van der Waals surface area contributed by atoms with Gasteiger partial charge in [-0.1, -0.05) is 41.5 Å². The van der Waals surface area contributed by atoms with E-state index in [1.807, 2.05) is 0 Å². The second-order valence-electron chi connectivity index (χ2n) is 6.84. The Hall–Kier alpha value is -0.570. The molecule has 3 nitrogen and oxygen atoms in total. The van der Waals surface area contributed by atoms with Crippen molar-refractivity contribution in [3.63, 3.8) is 0 Å². The van der Waals surface area contributed by atoms with Gasteiger partial charge in [0.15, 0.2) is 0 Å². The maximum absolute atomic E-state index is 12.1. The Morgan fingerprint density at radius 2 is 1.59 bits per heavy atom. The fourth-order valence-corrected chi connectivity index (χ4v) is 1.68. The minimum Gasteiger partial charge on any atom is -0.463 e. The Balaban J connectivity index is 4.54. The van der Waals surface area contributed by atoms with Gasteiger partial charge in [0.05, 0.1) is 12.5 Å². The molecule has 3 heteroatoms. The molecule has 0 aromatic heterocycles. The Labute approximate surface area is 106 Å². The van der Waals surface area contributed by atoms with Gasteiger partial charge in [-0.05, 0) is 17.3 Å². The molecule has 0 amide bonds. The lowest BCUT2D eigenvalue weighted by Crippen LogP contribution is -2.34. The average molecular weight is 244 g/mol. The molecular weight excluding hydrogens is 216 g/mol. The SMILES string of the molecule is COCCOC(=O)[C@@H](CC(C)(C)C)C(C)(C)C. The first-order valence-electron chi connectivity index (χ1n) is 6.23. The van der Waals surface area contributed by atoms with Crippen LogP contribution in [0.15, 0.2) is 0 Å². The van der Waals surface area contributed by atoms with Crippen molar-refractivity contribution in [2.24, 2.45) is 16.7 Å². The highest BCUT2D eigenvalue weighted by Crippen LogP contribution is 2.36. The van der Waals surface area contributed by atoms with E-state index in [1.165, 1.54) is 0 Å². The van der Waals surface area contributed by atoms with Gasteiger partial charge in [-0.15, -0.1) is 0 Å². The third-order valence-corrected chi connectivity index (χ3v) is 2.68. The lowest BCUT2D eigenvalue weighted by Gasteiger charge is -2.33. The monoisotopic (exact) mass is 244 g/mol. The third kappa shape index (κ3) is 7.37. The van der Waals surface area contributed by atoms with Crippen molar-refractivity contribution in [2.45, 2.75) is 48.0 Å². The van der Waals surface area contributed by atoms with Gasteiger partial charge >= 0.3 is 5.97 Å². The van der Waals surface area contributed by atoms with E-state index < -0.39 is 0 Å². The summed E-state index contributed by atoms with van der Waals surface area (Å²) >= 11 is 0. The molecule has 0 saturated carbocycles. The summed E-state index contributed by atoms with van der Waals surface area (Å²) in [6, 6.07) is 0. The Bertz CT molecular complexity index is 233. The van der Waals surface area contributed by atoms with E-state index >= 15 is 0 Å². The number of rotatable bonds is 5. The minimum atomic E-state index is -0.107. The van der Waals surface area contributed by atoms with Crippen molar-refractivity contribution < 1.29 is 14.3 Å². The molecule has 0 rings (SSSR count). The van der Waals surface area contributed by atoms with Crippen molar-refractivity contribution in [3.8, 4) is 0 Å². The van der Waals surface area contributed by atoms with E-state index in [-0.39, 0.29) is 22.7 Å². The van der Waals surface area contributed by atoms with Gasteiger partial charge in [-0.3, -0.25) is 4.79 Å². The van der Waals surface area contributed by atoms with Crippen LogP contribution in [0.2, 0.25) is 0 Å². The highest BCUT2D eigenvalue weighted by Gasteiger charge is 2.35. The molecular formula is C14H28O3. The summed E-state index contributed by atoms with van der Waals surface area (Å²) in [4.78, 5) is 12.1. The van der Waals surface area contributed by atoms with Gasteiger partial charge < -0.3 is 9.47 Å². The summed E-state index contributed by atoms with van der Waals surface area (Å²) < 4.78 is 10.1. The predicted molar refractivity (Wildman–Crippen MR) is 69.9 cm³/mol. The molecule has 0 radical (unpaired) electrons. The first-order chi connectivity index (χ1) is 7.58. The molecule has 0 unspecified atom stereocenters. The standard InChI is InChI=1S/C14H28O3/c1-13(2,3)10-11(14(4,5)6)12(15)17-9-8-16-7/h11H,8-10H2,1-7H3/t11-/m1/s1. The van der Waals surface area contributed by atoms with E-state index in [0.717, 1.165) is 6.42 Å².